The van der Waals surface area contributed by atoms with Crippen molar-refractivity contribution < 1.29 is 9.52 Å². The average molecular weight is 234 g/mol. The second-order valence-corrected chi connectivity index (χ2v) is 4.16. The van der Waals surface area contributed by atoms with E-state index in [0.29, 0.717) is 5.92 Å². The number of nitrogens with one attached hydrogen (secondary N) is 1. The number of hydrogen-bond acceptors (Lipinski definition) is 4. The van der Waals surface area contributed by atoms with E-state index in [1.807, 2.05) is 12.1 Å². The normalized spacial score (nSPS) is 12.8. The molecule has 0 aliphatic carbocycles. The van der Waals surface area contributed by atoms with Gasteiger partial charge in [0, 0.05) is 19.3 Å². The fourth-order valence-electron chi connectivity index (χ4n) is 1.91. The molecule has 1 atom stereocenters. The summed E-state index contributed by atoms with van der Waals surface area (Å²) in [4.78, 5) is 4.31. The van der Waals surface area contributed by atoms with E-state index in [2.05, 4.69) is 17.2 Å². The Balaban J connectivity index is 2.05. The number of aromatic nitrogens is 1. The molecule has 92 valence electrons. The molecular weight excluding hydrogens is 216 g/mol. The number of furan rings is 1. The maximum Gasteiger partial charge on any atom is 0.139 e. The zero-order chi connectivity index (χ0) is 12.1. The van der Waals surface area contributed by atoms with Gasteiger partial charge in [-0.05, 0) is 24.5 Å². The fraction of sp³-hybridized carbons (Fsp3) is 0.462. The van der Waals surface area contributed by atoms with Crippen molar-refractivity contribution in [1.82, 2.24) is 4.98 Å². The Morgan fingerprint density at radius 2 is 2.35 bits per heavy atom. The monoisotopic (exact) mass is 234 g/mol. The summed E-state index contributed by atoms with van der Waals surface area (Å²) >= 11 is 0. The number of aliphatic hydroxyl groups excluding tert-OH is 1. The van der Waals surface area contributed by atoms with Gasteiger partial charge in [0.05, 0.1) is 11.6 Å². The summed E-state index contributed by atoms with van der Waals surface area (Å²) < 4.78 is 5.32. The molecule has 0 spiro atoms. The Morgan fingerprint density at radius 1 is 1.47 bits per heavy atom. The van der Waals surface area contributed by atoms with Crippen molar-refractivity contribution in [3.05, 3.63) is 24.6 Å². The van der Waals surface area contributed by atoms with Crippen LogP contribution in [-0.4, -0.2) is 23.2 Å². The minimum Gasteiger partial charge on any atom is -0.464 e. The van der Waals surface area contributed by atoms with Crippen LogP contribution in [0, 0.1) is 5.92 Å². The predicted octanol–water partition coefficient (Wildman–Crippen LogP) is 2.65. The number of hydrogen-bond donors (Lipinski definition) is 2. The molecule has 2 aromatic heterocycles. The Hall–Kier alpha value is -1.55. The summed E-state index contributed by atoms with van der Waals surface area (Å²) in [7, 11) is 0. The third kappa shape index (κ3) is 2.77. The second kappa shape index (κ2) is 5.68. The minimum absolute atomic E-state index is 0.240. The van der Waals surface area contributed by atoms with Gasteiger partial charge in [0.1, 0.15) is 11.4 Å². The zero-order valence-electron chi connectivity index (χ0n) is 10.0. The molecule has 0 aliphatic heterocycles. The average Bonchev–Trinajstić information content (AvgIpc) is 2.83. The van der Waals surface area contributed by atoms with E-state index in [1.165, 1.54) is 0 Å². The largest absolute Gasteiger partial charge is 0.464 e. The van der Waals surface area contributed by atoms with E-state index < -0.39 is 0 Å². The molecule has 1 unspecified atom stereocenters. The van der Waals surface area contributed by atoms with E-state index >= 15 is 0 Å². The zero-order valence-corrected chi connectivity index (χ0v) is 10.0. The molecule has 2 heterocycles. The number of anilines is 1. The maximum absolute atomic E-state index is 8.95. The minimum atomic E-state index is 0.240. The lowest BCUT2D eigenvalue weighted by molar-refractivity contribution is 0.258. The molecule has 0 aliphatic rings. The summed E-state index contributed by atoms with van der Waals surface area (Å²) in [6.07, 6.45) is 5.28. The van der Waals surface area contributed by atoms with E-state index in [4.69, 9.17) is 9.52 Å². The molecular formula is C13H18N2O2. The van der Waals surface area contributed by atoms with Crippen molar-refractivity contribution in [1.29, 1.82) is 0 Å². The molecule has 0 fully saturated rings. The van der Waals surface area contributed by atoms with Crippen LogP contribution < -0.4 is 5.32 Å². The van der Waals surface area contributed by atoms with Crippen LogP contribution in [0.4, 0.5) is 5.82 Å². The van der Waals surface area contributed by atoms with E-state index in [9.17, 15) is 0 Å². The van der Waals surface area contributed by atoms with E-state index in [-0.39, 0.29) is 6.61 Å². The van der Waals surface area contributed by atoms with Gasteiger partial charge in [-0.1, -0.05) is 13.3 Å². The van der Waals surface area contributed by atoms with Gasteiger partial charge in [-0.25, -0.2) is 4.98 Å². The van der Waals surface area contributed by atoms with Crippen LogP contribution in [0.3, 0.4) is 0 Å². The first-order valence-electron chi connectivity index (χ1n) is 6.02. The highest BCUT2D eigenvalue weighted by Gasteiger charge is 2.08. The van der Waals surface area contributed by atoms with Crippen molar-refractivity contribution in [3.8, 4) is 0 Å². The summed E-state index contributed by atoms with van der Waals surface area (Å²) in [5, 5.41) is 13.3. The first-order chi connectivity index (χ1) is 8.35. The van der Waals surface area contributed by atoms with Gasteiger partial charge in [-0.2, -0.15) is 0 Å². The summed E-state index contributed by atoms with van der Waals surface area (Å²) in [5.74, 6) is 1.33. The second-order valence-electron chi connectivity index (χ2n) is 4.16. The molecule has 0 aromatic carbocycles. The number of rotatable bonds is 6. The molecule has 2 aromatic rings. The lowest BCUT2D eigenvalue weighted by atomic mass is 10.0. The Kier molecular flexibility index (Phi) is 3.98. The lowest BCUT2D eigenvalue weighted by Gasteiger charge is -2.14. The Morgan fingerprint density at radius 3 is 3.12 bits per heavy atom. The number of nitrogens with zero attached hydrogens (tertiary/aromatic N) is 1. The van der Waals surface area contributed by atoms with Crippen LogP contribution in [0.2, 0.25) is 0 Å². The van der Waals surface area contributed by atoms with Crippen molar-refractivity contribution in [2.24, 2.45) is 5.92 Å². The first-order valence-corrected chi connectivity index (χ1v) is 6.02. The topological polar surface area (TPSA) is 58.3 Å². The van der Waals surface area contributed by atoms with Crippen LogP contribution >= 0.6 is 0 Å². The van der Waals surface area contributed by atoms with Gasteiger partial charge in [-0.3, -0.25) is 0 Å². The van der Waals surface area contributed by atoms with Crippen LogP contribution in [0.15, 0.2) is 29.0 Å². The van der Waals surface area contributed by atoms with Crippen molar-refractivity contribution in [3.63, 3.8) is 0 Å². The highest BCUT2D eigenvalue weighted by atomic mass is 16.3. The highest BCUT2D eigenvalue weighted by Crippen LogP contribution is 2.22. The van der Waals surface area contributed by atoms with Crippen LogP contribution in [0.5, 0.6) is 0 Å². The van der Waals surface area contributed by atoms with Crippen LogP contribution in [0.25, 0.3) is 11.0 Å². The number of aliphatic hydroxyl groups is 1. The number of fused-ring (bicyclic) bond motifs is 1. The molecule has 2 N–H and O–H groups in total. The Bertz CT molecular complexity index is 467. The molecule has 4 heteroatoms. The molecule has 2 rings (SSSR count). The number of pyridine rings is 1. The third-order valence-corrected chi connectivity index (χ3v) is 3.05. The SMILES string of the molecule is CCC(CCO)CNc1nccc2occc12. The Labute approximate surface area is 101 Å². The molecule has 17 heavy (non-hydrogen) atoms. The van der Waals surface area contributed by atoms with Gasteiger partial charge in [0.25, 0.3) is 0 Å². The highest BCUT2D eigenvalue weighted by molar-refractivity contribution is 5.87. The molecule has 0 saturated heterocycles. The van der Waals surface area contributed by atoms with Gasteiger partial charge in [0.2, 0.25) is 0 Å². The van der Waals surface area contributed by atoms with Crippen LogP contribution in [0.1, 0.15) is 19.8 Å². The van der Waals surface area contributed by atoms with Gasteiger partial charge in [0.15, 0.2) is 0 Å². The quantitative estimate of drug-likeness (QED) is 0.806. The van der Waals surface area contributed by atoms with E-state index in [1.54, 1.807) is 12.5 Å². The lowest BCUT2D eigenvalue weighted by Crippen LogP contribution is -2.15. The third-order valence-electron chi connectivity index (χ3n) is 3.05. The smallest absolute Gasteiger partial charge is 0.139 e. The predicted molar refractivity (Wildman–Crippen MR) is 68.0 cm³/mol. The maximum atomic E-state index is 8.95. The van der Waals surface area contributed by atoms with E-state index in [0.717, 1.165) is 36.2 Å². The van der Waals surface area contributed by atoms with Crippen LogP contribution in [-0.2, 0) is 0 Å². The molecule has 0 amide bonds. The molecule has 4 nitrogen and oxygen atoms in total. The standard InChI is InChI=1S/C13H18N2O2/c1-2-10(4-7-16)9-15-13-11-5-8-17-12(11)3-6-14-13/h3,5-6,8,10,16H,2,4,7,9H2,1H3,(H,14,15). The van der Waals surface area contributed by atoms with Crippen molar-refractivity contribution >= 4 is 16.8 Å². The summed E-state index contributed by atoms with van der Waals surface area (Å²) in [5.41, 5.74) is 0.845. The molecule has 0 radical (unpaired) electrons. The fourth-order valence-corrected chi connectivity index (χ4v) is 1.91. The van der Waals surface area contributed by atoms with Gasteiger partial charge < -0.3 is 14.8 Å². The van der Waals surface area contributed by atoms with Gasteiger partial charge >= 0.3 is 0 Å². The summed E-state index contributed by atoms with van der Waals surface area (Å²) in [6.45, 7) is 3.20. The van der Waals surface area contributed by atoms with Crippen molar-refractivity contribution in [2.75, 3.05) is 18.5 Å². The van der Waals surface area contributed by atoms with Crippen molar-refractivity contribution in [2.45, 2.75) is 19.8 Å². The molecule has 0 bridgehead atoms. The molecule has 0 saturated carbocycles. The first kappa shape index (κ1) is 11.9. The van der Waals surface area contributed by atoms with Gasteiger partial charge in [-0.15, -0.1) is 0 Å². The summed E-state index contributed by atoms with van der Waals surface area (Å²) in [6, 6.07) is 3.77.